The van der Waals surface area contributed by atoms with E-state index in [0.717, 1.165) is 36.8 Å². The van der Waals surface area contributed by atoms with Crippen LogP contribution in [0.5, 0.6) is 0 Å². The topological polar surface area (TPSA) is 44.0 Å². The molecule has 1 fully saturated rings. The van der Waals surface area contributed by atoms with Gasteiger partial charge in [0.1, 0.15) is 0 Å². The Balaban J connectivity index is 2.32. The van der Waals surface area contributed by atoms with Gasteiger partial charge in [0, 0.05) is 5.02 Å². The zero-order chi connectivity index (χ0) is 14.0. The number of hydrogen-bond donors (Lipinski definition) is 1. The molecular formula is C16H20ClNO. The standard InChI is InChI=1S/C16H20ClNO/c1-3-12-6-7-16(9-12,10-18)15(19)14-5-4-13(17)8-11(14)2/h4-5,8,12,15,19H,3,6-7,9H2,1-2H3. The molecule has 0 heterocycles. The third kappa shape index (κ3) is 2.63. The van der Waals surface area contributed by atoms with Crippen molar-refractivity contribution in [1.29, 1.82) is 5.26 Å². The first-order valence-electron chi connectivity index (χ1n) is 6.88. The van der Waals surface area contributed by atoms with Crippen molar-refractivity contribution in [2.75, 3.05) is 0 Å². The lowest BCUT2D eigenvalue weighted by molar-refractivity contribution is 0.0635. The largest absolute Gasteiger partial charge is 0.387 e. The van der Waals surface area contributed by atoms with Crippen molar-refractivity contribution < 1.29 is 5.11 Å². The molecule has 0 saturated heterocycles. The average molecular weight is 278 g/mol. The van der Waals surface area contributed by atoms with Gasteiger partial charge in [0.15, 0.2) is 0 Å². The van der Waals surface area contributed by atoms with Gasteiger partial charge in [0.25, 0.3) is 0 Å². The molecule has 0 bridgehead atoms. The van der Waals surface area contributed by atoms with Gasteiger partial charge in [-0.2, -0.15) is 5.26 Å². The number of rotatable bonds is 3. The zero-order valence-electron chi connectivity index (χ0n) is 11.5. The predicted molar refractivity (Wildman–Crippen MR) is 76.8 cm³/mol. The maximum absolute atomic E-state index is 10.7. The number of aliphatic hydroxyl groups is 1. The van der Waals surface area contributed by atoms with Gasteiger partial charge >= 0.3 is 0 Å². The van der Waals surface area contributed by atoms with E-state index in [4.69, 9.17) is 11.6 Å². The summed E-state index contributed by atoms with van der Waals surface area (Å²) in [5.74, 6) is 0.557. The number of nitriles is 1. The molecule has 3 heteroatoms. The molecule has 0 aromatic heterocycles. The molecule has 0 amide bonds. The van der Waals surface area contributed by atoms with Crippen LogP contribution in [0.15, 0.2) is 18.2 Å². The summed E-state index contributed by atoms with van der Waals surface area (Å²) in [6.07, 6.45) is 2.98. The highest BCUT2D eigenvalue weighted by atomic mass is 35.5. The fraction of sp³-hybridized carbons (Fsp3) is 0.562. The van der Waals surface area contributed by atoms with E-state index in [0.29, 0.717) is 10.9 Å². The summed E-state index contributed by atoms with van der Waals surface area (Å²) >= 11 is 5.95. The van der Waals surface area contributed by atoms with Gasteiger partial charge in [-0.05, 0) is 55.4 Å². The lowest BCUT2D eigenvalue weighted by Crippen LogP contribution is -2.25. The van der Waals surface area contributed by atoms with Crippen molar-refractivity contribution >= 4 is 11.6 Å². The molecule has 19 heavy (non-hydrogen) atoms. The molecule has 0 aliphatic heterocycles. The number of benzene rings is 1. The summed E-state index contributed by atoms with van der Waals surface area (Å²) in [6, 6.07) is 7.87. The van der Waals surface area contributed by atoms with E-state index < -0.39 is 11.5 Å². The van der Waals surface area contributed by atoms with Crippen LogP contribution in [0.4, 0.5) is 0 Å². The molecule has 0 radical (unpaired) electrons. The molecule has 102 valence electrons. The second kappa shape index (κ2) is 5.53. The molecule has 3 unspecified atom stereocenters. The summed E-state index contributed by atoms with van der Waals surface area (Å²) in [6.45, 7) is 4.08. The van der Waals surface area contributed by atoms with Gasteiger partial charge in [0.2, 0.25) is 0 Å². The first-order chi connectivity index (χ1) is 9.02. The van der Waals surface area contributed by atoms with Crippen LogP contribution in [-0.4, -0.2) is 5.11 Å². The van der Waals surface area contributed by atoms with E-state index in [1.807, 2.05) is 19.1 Å². The maximum Gasteiger partial charge on any atom is 0.0978 e. The number of aliphatic hydroxyl groups excluding tert-OH is 1. The minimum absolute atomic E-state index is 0.557. The molecule has 0 spiro atoms. The van der Waals surface area contributed by atoms with Crippen molar-refractivity contribution in [2.24, 2.45) is 11.3 Å². The van der Waals surface area contributed by atoms with Gasteiger partial charge in [-0.3, -0.25) is 0 Å². The van der Waals surface area contributed by atoms with E-state index in [9.17, 15) is 10.4 Å². The quantitative estimate of drug-likeness (QED) is 0.890. The van der Waals surface area contributed by atoms with Gasteiger partial charge in [-0.25, -0.2) is 0 Å². The second-order valence-electron chi connectivity index (χ2n) is 5.69. The third-order valence-electron chi connectivity index (χ3n) is 4.50. The molecular weight excluding hydrogens is 258 g/mol. The van der Waals surface area contributed by atoms with Crippen LogP contribution in [0, 0.1) is 29.6 Å². The van der Waals surface area contributed by atoms with Crippen LogP contribution in [0.1, 0.15) is 49.8 Å². The van der Waals surface area contributed by atoms with Crippen LogP contribution < -0.4 is 0 Å². The predicted octanol–water partition coefficient (Wildman–Crippen LogP) is 4.40. The summed E-state index contributed by atoms with van der Waals surface area (Å²) in [7, 11) is 0. The van der Waals surface area contributed by atoms with Crippen molar-refractivity contribution in [1.82, 2.24) is 0 Å². The van der Waals surface area contributed by atoms with Crippen molar-refractivity contribution in [3.63, 3.8) is 0 Å². The van der Waals surface area contributed by atoms with E-state index in [1.165, 1.54) is 0 Å². The SMILES string of the molecule is CCC1CCC(C#N)(C(O)c2ccc(Cl)cc2C)C1. The number of aryl methyl sites for hydroxylation is 1. The molecule has 1 aromatic rings. The van der Waals surface area contributed by atoms with Gasteiger partial charge in [0.05, 0.1) is 17.6 Å². The van der Waals surface area contributed by atoms with E-state index in [1.54, 1.807) is 6.07 Å². The van der Waals surface area contributed by atoms with Crippen LogP contribution in [0.25, 0.3) is 0 Å². The normalized spacial score (nSPS) is 28.1. The number of hydrogen-bond acceptors (Lipinski definition) is 2. The molecule has 1 aromatic carbocycles. The Bertz CT molecular complexity index is 508. The van der Waals surface area contributed by atoms with Crippen LogP contribution in [0.3, 0.4) is 0 Å². The molecule has 1 saturated carbocycles. The first-order valence-corrected chi connectivity index (χ1v) is 7.25. The Kier molecular flexibility index (Phi) is 4.18. The van der Waals surface area contributed by atoms with Crippen molar-refractivity contribution in [3.05, 3.63) is 34.3 Å². The Labute approximate surface area is 120 Å². The third-order valence-corrected chi connectivity index (χ3v) is 4.74. The van der Waals surface area contributed by atoms with Crippen molar-refractivity contribution in [2.45, 2.75) is 45.6 Å². The van der Waals surface area contributed by atoms with Crippen LogP contribution in [0.2, 0.25) is 5.02 Å². The van der Waals surface area contributed by atoms with Gasteiger partial charge < -0.3 is 5.11 Å². The Hall–Kier alpha value is -1.04. The fourth-order valence-electron chi connectivity index (χ4n) is 3.18. The van der Waals surface area contributed by atoms with Gasteiger partial charge in [-0.1, -0.05) is 31.0 Å². The molecule has 1 aliphatic carbocycles. The lowest BCUT2D eigenvalue weighted by Gasteiger charge is -2.29. The van der Waals surface area contributed by atoms with Crippen LogP contribution >= 0.6 is 11.6 Å². The minimum Gasteiger partial charge on any atom is -0.387 e. The summed E-state index contributed by atoms with van der Waals surface area (Å²) in [5, 5.41) is 20.9. The lowest BCUT2D eigenvalue weighted by atomic mass is 9.77. The molecule has 2 rings (SSSR count). The molecule has 3 atom stereocenters. The number of halogens is 1. The summed E-state index contributed by atoms with van der Waals surface area (Å²) in [4.78, 5) is 0. The highest BCUT2D eigenvalue weighted by Crippen LogP contribution is 2.50. The molecule has 2 nitrogen and oxygen atoms in total. The monoisotopic (exact) mass is 277 g/mol. The Morgan fingerprint density at radius 2 is 2.32 bits per heavy atom. The Morgan fingerprint density at radius 3 is 2.84 bits per heavy atom. The molecule has 1 N–H and O–H groups in total. The van der Waals surface area contributed by atoms with E-state index in [-0.39, 0.29) is 0 Å². The maximum atomic E-state index is 10.7. The summed E-state index contributed by atoms with van der Waals surface area (Å²) < 4.78 is 0. The Morgan fingerprint density at radius 1 is 1.58 bits per heavy atom. The summed E-state index contributed by atoms with van der Waals surface area (Å²) in [5.41, 5.74) is 1.16. The first kappa shape index (κ1) is 14.4. The molecule has 1 aliphatic rings. The second-order valence-corrected chi connectivity index (χ2v) is 6.12. The minimum atomic E-state index is -0.716. The highest BCUT2D eigenvalue weighted by molar-refractivity contribution is 6.30. The fourth-order valence-corrected chi connectivity index (χ4v) is 3.41. The average Bonchev–Trinajstić information content (AvgIpc) is 2.83. The van der Waals surface area contributed by atoms with E-state index >= 15 is 0 Å². The number of nitrogens with zero attached hydrogens (tertiary/aromatic N) is 1. The smallest absolute Gasteiger partial charge is 0.0978 e. The highest BCUT2D eigenvalue weighted by Gasteiger charge is 2.45. The van der Waals surface area contributed by atoms with E-state index in [2.05, 4.69) is 13.0 Å². The van der Waals surface area contributed by atoms with Gasteiger partial charge in [-0.15, -0.1) is 0 Å². The van der Waals surface area contributed by atoms with Crippen LogP contribution in [-0.2, 0) is 0 Å². The zero-order valence-corrected chi connectivity index (χ0v) is 12.2. The van der Waals surface area contributed by atoms with Crippen molar-refractivity contribution in [3.8, 4) is 6.07 Å².